The molecule has 2 aliphatic heterocycles. The monoisotopic (exact) mass is 293 g/mol. The molecule has 0 saturated carbocycles. The lowest BCUT2D eigenvalue weighted by molar-refractivity contribution is -0.120. The van der Waals surface area contributed by atoms with E-state index in [1.54, 1.807) is 12.1 Å². The van der Waals surface area contributed by atoms with Gasteiger partial charge in [0.15, 0.2) is 0 Å². The Bertz CT molecular complexity index is 588. The zero-order chi connectivity index (χ0) is 14.3. The molecular formula is C14H16ClN3O2. The van der Waals surface area contributed by atoms with Gasteiger partial charge in [-0.1, -0.05) is 11.6 Å². The van der Waals surface area contributed by atoms with E-state index in [0.717, 1.165) is 24.2 Å². The van der Waals surface area contributed by atoms with Crippen molar-refractivity contribution in [2.24, 2.45) is 5.92 Å². The van der Waals surface area contributed by atoms with Crippen LogP contribution in [0.1, 0.15) is 18.9 Å². The van der Waals surface area contributed by atoms with Gasteiger partial charge in [-0.15, -0.1) is 0 Å². The zero-order valence-corrected chi connectivity index (χ0v) is 11.9. The van der Waals surface area contributed by atoms with Crippen LogP contribution in [-0.4, -0.2) is 24.4 Å². The summed E-state index contributed by atoms with van der Waals surface area (Å²) in [7, 11) is 0. The molecule has 2 amide bonds. The molecular weight excluding hydrogens is 278 g/mol. The molecule has 3 rings (SSSR count). The summed E-state index contributed by atoms with van der Waals surface area (Å²) in [5, 5.41) is 9.30. The molecule has 2 heterocycles. The number of anilines is 2. The van der Waals surface area contributed by atoms with Crippen LogP contribution in [0.3, 0.4) is 0 Å². The molecule has 0 spiro atoms. The minimum atomic E-state index is -0.0480. The largest absolute Gasteiger partial charge is 0.325 e. The Labute approximate surface area is 122 Å². The first kappa shape index (κ1) is 13.4. The molecule has 5 nitrogen and oxygen atoms in total. The molecule has 20 heavy (non-hydrogen) atoms. The minimum absolute atomic E-state index is 0.0263. The molecule has 1 aromatic rings. The van der Waals surface area contributed by atoms with E-state index in [-0.39, 0.29) is 23.8 Å². The highest BCUT2D eigenvalue weighted by Crippen LogP contribution is 2.33. The van der Waals surface area contributed by atoms with E-state index in [1.165, 1.54) is 0 Å². The van der Waals surface area contributed by atoms with Crippen LogP contribution in [-0.2, 0) is 16.0 Å². The molecule has 106 valence electrons. The first-order valence-electron chi connectivity index (χ1n) is 6.71. The van der Waals surface area contributed by atoms with E-state index in [9.17, 15) is 9.59 Å². The summed E-state index contributed by atoms with van der Waals surface area (Å²) in [5.74, 6) is -0.117. The van der Waals surface area contributed by atoms with Gasteiger partial charge in [-0.2, -0.15) is 0 Å². The number of benzene rings is 1. The van der Waals surface area contributed by atoms with Crippen molar-refractivity contribution in [3.05, 3.63) is 22.7 Å². The quantitative estimate of drug-likeness (QED) is 0.778. The topological polar surface area (TPSA) is 70.2 Å². The molecule has 1 saturated heterocycles. The summed E-state index contributed by atoms with van der Waals surface area (Å²) < 4.78 is 0. The van der Waals surface area contributed by atoms with Gasteiger partial charge in [-0.3, -0.25) is 9.59 Å². The van der Waals surface area contributed by atoms with Gasteiger partial charge < -0.3 is 16.0 Å². The predicted octanol–water partition coefficient (Wildman–Crippen LogP) is 1.77. The molecule has 0 radical (unpaired) electrons. The van der Waals surface area contributed by atoms with Crippen molar-refractivity contribution in [3.8, 4) is 0 Å². The molecule has 3 N–H and O–H groups in total. The van der Waals surface area contributed by atoms with Crippen LogP contribution in [0.2, 0.25) is 5.02 Å². The number of amides is 2. The maximum absolute atomic E-state index is 12.2. The summed E-state index contributed by atoms with van der Waals surface area (Å²) in [6.45, 7) is 2.86. The van der Waals surface area contributed by atoms with E-state index < -0.39 is 0 Å². The van der Waals surface area contributed by atoms with E-state index in [0.29, 0.717) is 17.1 Å². The SMILES string of the molecule is CC1NCCC1C(=O)Nc1cc2c(cc1Cl)NC(=O)C2. The Hall–Kier alpha value is -1.59. The lowest BCUT2D eigenvalue weighted by Crippen LogP contribution is -2.32. The Morgan fingerprint density at radius 1 is 1.45 bits per heavy atom. The molecule has 6 heteroatoms. The molecule has 0 aliphatic carbocycles. The van der Waals surface area contributed by atoms with Gasteiger partial charge in [0.1, 0.15) is 0 Å². The van der Waals surface area contributed by atoms with Gasteiger partial charge in [0.05, 0.1) is 23.0 Å². The van der Waals surface area contributed by atoms with E-state index in [4.69, 9.17) is 11.6 Å². The van der Waals surface area contributed by atoms with Crippen LogP contribution in [0.25, 0.3) is 0 Å². The Morgan fingerprint density at radius 3 is 2.95 bits per heavy atom. The van der Waals surface area contributed by atoms with Crippen molar-refractivity contribution in [3.63, 3.8) is 0 Å². The number of carbonyl (C=O) groups is 2. The van der Waals surface area contributed by atoms with Gasteiger partial charge in [-0.05, 0) is 37.6 Å². The van der Waals surface area contributed by atoms with E-state index in [1.807, 2.05) is 6.92 Å². The maximum atomic E-state index is 12.2. The normalized spacial score (nSPS) is 24.4. The molecule has 0 bridgehead atoms. The second kappa shape index (κ2) is 5.07. The average molecular weight is 294 g/mol. The molecule has 2 atom stereocenters. The van der Waals surface area contributed by atoms with Crippen molar-refractivity contribution < 1.29 is 9.59 Å². The van der Waals surface area contributed by atoms with Crippen molar-refractivity contribution in [2.75, 3.05) is 17.2 Å². The predicted molar refractivity (Wildman–Crippen MR) is 78.0 cm³/mol. The Balaban J connectivity index is 1.79. The van der Waals surface area contributed by atoms with Gasteiger partial charge in [-0.25, -0.2) is 0 Å². The number of hydrogen-bond donors (Lipinski definition) is 3. The van der Waals surface area contributed by atoms with Crippen LogP contribution >= 0.6 is 11.6 Å². The van der Waals surface area contributed by atoms with Crippen LogP contribution < -0.4 is 16.0 Å². The molecule has 1 aromatic carbocycles. The fourth-order valence-electron chi connectivity index (χ4n) is 2.79. The van der Waals surface area contributed by atoms with E-state index in [2.05, 4.69) is 16.0 Å². The van der Waals surface area contributed by atoms with E-state index >= 15 is 0 Å². The smallest absolute Gasteiger partial charge is 0.229 e. The first-order chi connectivity index (χ1) is 9.54. The fourth-order valence-corrected chi connectivity index (χ4v) is 3.00. The Morgan fingerprint density at radius 2 is 2.25 bits per heavy atom. The van der Waals surface area contributed by atoms with Gasteiger partial charge in [0.25, 0.3) is 0 Å². The summed E-state index contributed by atoms with van der Waals surface area (Å²) in [5.41, 5.74) is 2.17. The van der Waals surface area contributed by atoms with Crippen molar-refractivity contribution in [2.45, 2.75) is 25.8 Å². The molecule has 1 fully saturated rings. The van der Waals surface area contributed by atoms with Crippen LogP contribution in [0.15, 0.2) is 12.1 Å². The number of hydrogen-bond acceptors (Lipinski definition) is 3. The maximum Gasteiger partial charge on any atom is 0.229 e. The minimum Gasteiger partial charge on any atom is -0.325 e. The van der Waals surface area contributed by atoms with Crippen LogP contribution in [0, 0.1) is 5.92 Å². The lowest BCUT2D eigenvalue weighted by Gasteiger charge is -2.16. The third-order valence-electron chi connectivity index (χ3n) is 3.94. The van der Waals surface area contributed by atoms with Crippen molar-refractivity contribution in [1.29, 1.82) is 0 Å². The lowest BCUT2D eigenvalue weighted by atomic mass is 10.0. The highest BCUT2D eigenvalue weighted by Gasteiger charge is 2.30. The number of carbonyl (C=O) groups excluding carboxylic acids is 2. The third-order valence-corrected chi connectivity index (χ3v) is 4.25. The summed E-state index contributed by atoms with van der Waals surface area (Å²) in [6, 6.07) is 3.64. The number of rotatable bonds is 2. The number of nitrogens with one attached hydrogen (secondary N) is 3. The van der Waals surface area contributed by atoms with Crippen molar-refractivity contribution in [1.82, 2.24) is 5.32 Å². The second-order valence-corrected chi connectivity index (χ2v) is 5.75. The standard InChI is InChI=1S/C14H16ClN3O2/c1-7-9(2-3-16-7)14(20)18-12-4-8-5-13(19)17-11(8)6-10(12)15/h4,6-7,9,16H,2-3,5H2,1H3,(H,17,19)(H,18,20). The first-order valence-corrected chi connectivity index (χ1v) is 7.09. The third kappa shape index (κ3) is 2.39. The summed E-state index contributed by atoms with van der Waals surface area (Å²) >= 11 is 6.16. The van der Waals surface area contributed by atoms with Crippen LogP contribution in [0.5, 0.6) is 0 Å². The van der Waals surface area contributed by atoms with Crippen LogP contribution in [0.4, 0.5) is 11.4 Å². The molecule has 2 unspecified atom stereocenters. The zero-order valence-electron chi connectivity index (χ0n) is 11.1. The van der Waals surface area contributed by atoms with Gasteiger partial charge >= 0.3 is 0 Å². The fraction of sp³-hybridized carbons (Fsp3) is 0.429. The molecule has 0 aromatic heterocycles. The van der Waals surface area contributed by atoms with Gasteiger partial charge in [0.2, 0.25) is 11.8 Å². The highest BCUT2D eigenvalue weighted by atomic mass is 35.5. The summed E-state index contributed by atoms with van der Waals surface area (Å²) in [6.07, 6.45) is 1.16. The number of fused-ring (bicyclic) bond motifs is 1. The molecule has 2 aliphatic rings. The average Bonchev–Trinajstić information content (AvgIpc) is 2.94. The number of halogens is 1. The Kier molecular flexibility index (Phi) is 3.40. The highest BCUT2D eigenvalue weighted by molar-refractivity contribution is 6.34. The summed E-state index contributed by atoms with van der Waals surface area (Å²) in [4.78, 5) is 23.6. The van der Waals surface area contributed by atoms with Crippen molar-refractivity contribution >= 4 is 34.8 Å². The van der Waals surface area contributed by atoms with Gasteiger partial charge in [0, 0.05) is 11.7 Å². The second-order valence-electron chi connectivity index (χ2n) is 5.34.